The number of fused-ring (bicyclic) bond motifs is 1. The van der Waals surface area contributed by atoms with Crippen LogP contribution in [0.4, 0.5) is 5.82 Å². The molecule has 2 aromatic heterocycles. The Bertz CT molecular complexity index is 870. The number of hydrogen-bond acceptors (Lipinski definition) is 7. The molecule has 0 saturated heterocycles. The van der Waals surface area contributed by atoms with Crippen molar-refractivity contribution in [2.24, 2.45) is 0 Å². The van der Waals surface area contributed by atoms with Crippen molar-refractivity contribution in [3.05, 3.63) is 54.0 Å². The molecule has 0 amide bonds. The summed E-state index contributed by atoms with van der Waals surface area (Å²) in [6.45, 7) is -0.0451. The second-order valence-corrected chi connectivity index (χ2v) is 5.47. The molecule has 2 heterocycles. The van der Waals surface area contributed by atoms with Crippen molar-refractivity contribution in [1.82, 2.24) is 15.0 Å². The minimum atomic E-state index is -0.460. The number of esters is 1. The number of aromatic nitrogens is 3. The van der Waals surface area contributed by atoms with Gasteiger partial charge in [-0.05, 0) is 30.5 Å². The number of nitrogen functional groups attached to an aromatic ring is 1. The monoisotopic (exact) mass is 326 g/mol. The summed E-state index contributed by atoms with van der Waals surface area (Å²) in [5, 5.41) is 1.40. The number of nitrogens with zero attached hydrogens (tertiary/aromatic N) is 3. The number of rotatable bonds is 4. The molecule has 0 aliphatic heterocycles. The van der Waals surface area contributed by atoms with Crippen LogP contribution >= 0.6 is 11.8 Å². The molecule has 0 bridgehead atoms. The Labute approximate surface area is 137 Å². The molecular formula is C16H14N4O2S. The summed E-state index contributed by atoms with van der Waals surface area (Å²) in [6, 6.07) is 10.8. The third-order valence-corrected chi connectivity index (χ3v) is 3.91. The quantitative estimate of drug-likeness (QED) is 0.582. The van der Waals surface area contributed by atoms with Crippen LogP contribution in [0.3, 0.4) is 0 Å². The molecule has 0 spiro atoms. The molecule has 3 rings (SSSR count). The van der Waals surface area contributed by atoms with E-state index in [4.69, 9.17) is 10.5 Å². The average molecular weight is 326 g/mol. The largest absolute Gasteiger partial charge is 0.454 e. The molecule has 0 aliphatic carbocycles. The number of anilines is 1. The van der Waals surface area contributed by atoms with Crippen LogP contribution in [0.15, 0.2) is 47.6 Å². The van der Waals surface area contributed by atoms with Gasteiger partial charge in [0.05, 0.1) is 11.1 Å². The summed E-state index contributed by atoms with van der Waals surface area (Å²) in [5.74, 6) is 0.273. The molecule has 0 unspecified atom stereocenters. The van der Waals surface area contributed by atoms with E-state index >= 15 is 0 Å². The summed E-state index contributed by atoms with van der Waals surface area (Å²) < 4.78 is 5.29. The number of ether oxygens (including phenoxy) is 1. The zero-order valence-electron chi connectivity index (χ0n) is 12.4. The molecule has 116 valence electrons. The lowest BCUT2D eigenvalue weighted by Gasteiger charge is -2.08. The number of thioether (sulfide) groups is 1. The van der Waals surface area contributed by atoms with Gasteiger partial charge in [-0.25, -0.2) is 19.7 Å². The van der Waals surface area contributed by atoms with Crippen LogP contribution in [-0.4, -0.2) is 27.2 Å². The van der Waals surface area contributed by atoms with Crippen LogP contribution < -0.4 is 5.73 Å². The van der Waals surface area contributed by atoms with Crippen LogP contribution in [0.2, 0.25) is 0 Å². The zero-order chi connectivity index (χ0) is 16.2. The fourth-order valence-corrected chi connectivity index (χ4v) is 2.67. The van der Waals surface area contributed by atoms with E-state index in [1.165, 1.54) is 11.8 Å². The van der Waals surface area contributed by atoms with Crippen LogP contribution in [0.1, 0.15) is 16.2 Å². The van der Waals surface area contributed by atoms with Gasteiger partial charge in [0.25, 0.3) is 0 Å². The summed E-state index contributed by atoms with van der Waals surface area (Å²) in [6.07, 6.45) is 3.49. The molecule has 0 radical (unpaired) electrons. The van der Waals surface area contributed by atoms with Crippen LogP contribution in [0.25, 0.3) is 10.9 Å². The first-order valence-electron chi connectivity index (χ1n) is 6.86. The number of carbonyl (C=O) groups is 1. The van der Waals surface area contributed by atoms with Gasteiger partial charge in [-0.1, -0.05) is 12.1 Å². The Balaban J connectivity index is 1.79. The number of hydrogen-bond donors (Lipinski definition) is 1. The molecule has 0 saturated carbocycles. The Kier molecular flexibility index (Phi) is 4.38. The first kappa shape index (κ1) is 15.2. The van der Waals surface area contributed by atoms with Gasteiger partial charge in [-0.15, -0.1) is 11.8 Å². The van der Waals surface area contributed by atoms with E-state index in [-0.39, 0.29) is 6.61 Å². The maximum Gasteiger partial charge on any atom is 0.341 e. The molecule has 7 heteroatoms. The number of pyridine rings is 1. The second-order valence-electron chi connectivity index (χ2n) is 4.68. The Morgan fingerprint density at radius 2 is 2.04 bits per heavy atom. The zero-order valence-corrected chi connectivity index (χ0v) is 13.2. The Morgan fingerprint density at radius 3 is 2.87 bits per heavy atom. The van der Waals surface area contributed by atoms with Gasteiger partial charge in [0.2, 0.25) is 0 Å². The third kappa shape index (κ3) is 3.24. The van der Waals surface area contributed by atoms with Crippen LogP contribution in [0, 0.1) is 0 Å². The highest BCUT2D eigenvalue weighted by atomic mass is 32.2. The lowest BCUT2D eigenvalue weighted by Crippen LogP contribution is -2.10. The highest BCUT2D eigenvalue weighted by molar-refractivity contribution is 7.98. The molecule has 0 fully saturated rings. The SMILES string of the molecule is CSc1ncccc1C(=O)OCc1nc(N)c2ccccc2n1. The standard InChI is InChI=1S/C16H14N4O2S/c1-23-15-11(6-4-8-18-15)16(21)22-9-13-19-12-7-3-2-5-10(12)14(17)20-13/h2-8H,9H2,1H3,(H2,17,19,20). The number of benzene rings is 1. The van der Waals surface area contributed by atoms with E-state index in [1.807, 2.05) is 30.5 Å². The summed E-state index contributed by atoms with van der Waals surface area (Å²) >= 11 is 1.39. The van der Waals surface area contributed by atoms with Gasteiger partial charge in [0.15, 0.2) is 12.4 Å². The van der Waals surface area contributed by atoms with Crippen molar-refractivity contribution in [1.29, 1.82) is 0 Å². The summed E-state index contributed by atoms with van der Waals surface area (Å²) in [5.41, 5.74) is 7.06. The first-order valence-corrected chi connectivity index (χ1v) is 8.09. The van der Waals surface area contributed by atoms with E-state index in [0.29, 0.717) is 22.2 Å². The molecule has 2 N–H and O–H groups in total. The summed E-state index contributed by atoms with van der Waals surface area (Å²) in [4.78, 5) is 24.9. The molecule has 0 aliphatic rings. The van der Waals surface area contributed by atoms with Gasteiger partial charge >= 0.3 is 5.97 Å². The van der Waals surface area contributed by atoms with E-state index in [9.17, 15) is 4.79 Å². The predicted octanol–water partition coefficient (Wildman–Crippen LogP) is 2.69. The Morgan fingerprint density at radius 1 is 1.22 bits per heavy atom. The highest BCUT2D eigenvalue weighted by Gasteiger charge is 2.14. The number of carbonyl (C=O) groups excluding carboxylic acids is 1. The molecular weight excluding hydrogens is 312 g/mol. The Hall–Kier alpha value is -2.67. The van der Waals surface area contributed by atoms with E-state index in [2.05, 4.69) is 15.0 Å². The predicted molar refractivity (Wildman–Crippen MR) is 89.1 cm³/mol. The molecule has 6 nitrogen and oxygen atoms in total. The van der Waals surface area contributed by atoms with Gasteiger partial charge in [-0.3, -0.25) is 0 Å². The average Bonchev–Trinajstić information content (AvgIpc) is 2.59. The van der Waals surface area contributed by atoms with Crippen molar-refractivity contribution in [2.45, 2.75) is 11.6 Å². The smallest absolute Gasteiger partial charge is 0.341 e. The maximum atomic E-state index is 12.2. The van der Waals surface area contributed by atoms with E-state index in [1.54, 1.807) is 18.3 Å². The van der Waals surface area contributed by atoms with E-state index < -0.39 is 5.97 Å². The molecule has 1 aromatic carbocycles. The van der Waals surface area contributed by atoms with Gasteiger partial charge in [0, 0.05) is 11.6 Å². The third-order valence-electron chi connectivity index (χ3n) is 3.20. The fraction of sp³-hybridized carbons (Fsp3) is 0.125. The van der Waals surface area contributed by atoms with Crippen LogP contribution in [0.5, 0.6) is 0 Å². The molecule has 23 heavy (non-hydrogen) atoms. The van der Waals surface area contributed by atoms with Crippen molar-refractivity contribution in [3.63, 3.8) is 0 Å². The summed E-state index contributed by atoms with van der Waals surface area (Å²) in [7, 11) is 0. The topological polar surface area (TPSA) is 91.0 Å². The molecule has 0 atom stereocenters. The normalized spacial score (nSPS) is 10.7. The van der Waals surface area contributed by atoms with E-state index in [0.717, 1.165) is 10.9 Å². The van der Waals surface area contributed by atoms with Gasteiger partial charge < -0.3 is 10.5 Å². The molecule has 3 aromatic rings. The minimum Gasteiger partial charge on any atom is -0.454 e. The van der Waals surface area contributed by atoms with Crippen molar-refractivity contribution < 1.29 is 9.53 Å². The van der Waals surface area contributed by atoms with Crippen molar-refractivity contribution >= 4 is 34.5 Å². The first-order chi connectivity index (χ1) is 11.2. The maximum absolute atomic E-state index is 12.2. The lowest BCUT2D eigenvalue weighted by molar-refractivity contribution is 0.0457. The van der Waals surface area contributed by atoms with Crippen LogP contribution in [-0.2, 0) is 11.3 Å². The fourth-order valence-electron chi connectivity index (χ4n) is 2.13. The second kappa shape index (κ2) is 6.62. The number of nitrogens with two attached hydrogens (primary N) is 1. The minimum absolute atomic E-state index is 0.0451. The highest BCUT2D eigenvalue weighted by Crippen LogP contribution is 2.19. The van der Waals surface area contributed by atoms with Gasteiger partial charge in [-0.2, -0.15) is 0 Å². The van der Waals surface area contributed by atoms with Crippen molar-refractivity contribution in [2.75, 3.05) is 12.0 Å². The van der Waals surface area contributed by atoms with Crippen molar-refractivity contribution in [3.8, 4) is 0 Å². The lowest BCUT2D eigenvalue weighted by atomic mass is 10.2. The number of para-hydroxylation sites is 1. The van der Waals surface area contributed by atoms with Gasteiger partial charge in [0.1, 0.15) is 10.8 Å².